The quantitative estimate of drug-likeness (QED) is 0.776. The molecule has 6 nitrogen and oxygen atoms in total. The molecule has 3 fully saturated rings. The first-order valence-corrected chi connectivity index (χ1v) is 9.57. The molecule has 1 aliphatic carbocycles. The maximum Gasteiger partial charge on any atom is 0.407 e. The van der Waals surface area contributed by atoms with Crippen molar-refractivity contribution in [3.05, 3.63) is 0 Å². The average Bonchev–Trinajstić information content (AvgIpc) is 3.12. The molecule has 0 unspecified atom stereocenters. The highest BCUT2D eigenvalue weighted by atomic mass is 16.6. The number of carbonyl (C=O) groups excluding carboxylic acids is 1. The second kappa shape index (κ2) is 8.50. The van der Waals surface area contributed by atoms with Gasteiger partial charge < -0.3 is 24.8 Å². The van der Waals surface area contributed by atoms with Gasteiger partial charge in [-0.25, -0.2) is 4.79 Å². The summed E-state index contributed by atoms with van der Waals surface area (Å²) in [7, 11) is 0. The summed E-state index contributed by atoms with van der Waals surface area (Å²) in [4.78, 5) is 12.1. The molecule has 2 aliphatic heterocycles. The minimum atomic E-state index is -0.323. The van der Waals surface area contributed by atoms with Crippen LogP contribution < -0.4 is 10.6 Å². The van der Waals surface area contributed by atoms with Crippen molar-refractivity contribution in [2.45, 2.75) is 82.8 Å². The second-order valence-electron chi connectivity index (χ2n) is 7.76. The van der Waals surface area contributed by atoms with Crippen molar-refractivity contribution in [1.82, 2.24) is 10.6 Å². The third kappa shape index (κ3) is 4.61. The highest BCUT2D eigenvalue weighted by Crippen LogP contribution is 2.29. The SMILES string of the molecule is CC(C)CCN[C@H]1CO[C@H]2[C@@H]1OC[C@H]2OC(=O)NC1CCCCC1. The van der Waals surface area contributed by atoms with Gasteiger partial charge in [-0.1, -0.05) is 33.1 Å². The van der Waals surface area contributed by atoms with E-state index in [-0.39, 0.29) is 36.5 Å². The number of hydrogen-bond donors (Lipinski definition) is 2. The molecule has 1 amide bonds. The van der Waals surface area contributed by atoms with Crippen molar-refractivity contribution in [3.63, 3.8) is 0 Å². The summed E-state index contributed by atoms with van der Waals surface area (Å²) in [5, 5.41) is 6.51. The lowest BCUT2D eigenvalue weighted by molar-refractivity contribution is 0.00254. The summed E-state index contributed by atoms with van der Waals surface area (Å²) >= 11 is 0. The van der Waals surface area contributed by atoms with Gasteiger partial charge in [0.15, 0.2) is 6.10 Å². The Hall–Kier alpha value is -0.850. The number of nitrogens with one attached hydrogen (secondary N) is 2. The maximum atomic E-state index is 12.1. The number of rotatable bonds is 6. The standard InChI is InChI=1S/C18H32N2O4/c1-12(2)8-9-19-14-10-22-17-15(11-23-16(14)17)24-18(21)20-13-6-4-3-5-7-13/h12-17,19H,3-11H2,1-2H3,(H,20,21)/t14-,15+,16+,17+/m0/s1. The molecule has 6 heteroatoms. The lowest BCUT2D eigenvalue weighted by atomic mass is 9.96. The number of hydrogen-bond acceptors (Lipinski definition) is 5. The van der Waals surface area contributed by atoms with Gasteiger partial charge in [0.05, 0.1) is 19.3 Å². The fourth-order valence-corrected chi connectivity index (χ4v) is 3.88. The molecule has 0 radical (unpaired) electrons. The van der Waals surface area contributed by atoms with Crippen LogP contribution in [0.1, 0.15) is 52.4 Å². The summed E-state index contributed by atoms with van der Waals surface area (Å²) in [5.41, 5.74) is 0. The predicted octanol–water partition coefficient (Wildman–Crippen LogP) is 2.22. The molecular formula is C18H32N2O4. The van der Waals surface area contributed by atoms with Crippen LogP contribution >= 0.6 is 0 Å². The van der Waals surface area contributed by atoms with Gasteiger partial charge in [-0.2, -0.15) is 0 Å². The largest absolute Gasteiger partial charge is 0.441 e. The molecular weight excluding hydrogens is 308 g/mol. The molecule has 3 rings (SSSR count). The molecule has 138 valence electrons. The fraction of sp³-hybridized carbons (Fsp3) is 0.944. The Morgan fingerprint density at radius 2 is 1.88 bits per heavy atom. The summed E-state index contributed by atoms with van der Waals surface area (Å²) in [5.74, 6) is 0.680. The van der Waals surface area contributed by atoms with E-state index in [1.54, 1.807) is 0 Å². The van der Waals surface area contributed by atoms with Crippen molar-refractivity contribution < 1.29 is 19.0 Å². The Labute approximate surface area is 145 Å². The fourth-order valence-electron chi connectivity index (χ4n) is 3.88. The smallest absolute Gasteiger partial charge is 0.407 e. The Kier molecular flexibility index (Phi) is 6.36. The van der Waals surface area contributed by atoms with Gasteiger partial charge in [0.2, 0.25) is 0 Å². The molecule has 0 bridgehead atoms. The third-order valence-corrected chi connectivity index (χ3v) is 5.32. The van der Waals surface area contributed by atoms with Gasteiger partial charge >= 0.3 is 6.09 Å². The van der Waals surface area contributed by atoms with E-state index in [9.17, 15) is 4.79 Å². The topological polar surface area (TPSA) is 68.8 Å². The highest BCUT2D eigenvalue weighted by Gasteiger charge is 2.49. The summed E-state index contributed by atoms with van der Waals surface area (Å²) in [6.07, 6.45) is 6.13. The summed E-state index contributed by atoms with van der Waals surface area (Å²) in [6.45, 7) is 6.45. The van der Waals surface area contributed by atoms with Crippen LogP contribution in [0.3, 0.4) is 0 Å². The molecule has 3 aliphatic rings. The highest BCUT2D eigenvalue weighted by molar-refractivity contribution is 5.68. The van der Waals surface area contributed by atoms with E-state index in [0.29, 0.717) is 19.1 Å². The van der Waals surface area contributed by atoms with Crippen molar-refractivity contribution in [1.29, 1.82) is 0 Å². The normalized spacial score (nSPS) is 33.6. The second-order valence-corrected chi connectivity index (χ2v) is 7.76. The third-order valence-electron chi connectivity index (χ3n) is 5.32. The van der Waals surface area contributed by atoms with E-state index in [2.05, 4.69) is 24.5 Å². The minimum Gasteiger partial charge on any atom is -0.441 e. The first-order chi connectivity index (χ1) is 11.6. The van der Waals surface area contributed by atoms with Crippen molar-refractivity contribution in [2.24, 2.45) is 5.92 Å². The maximum absolute atomic E-state index is 12.1. The van der Waals surface area contributed by atoms with Gasteiger partial charge in [0.25, 0.3) is 0 Å². The molecule has 2 N–H and O–H groups in total. The van der Waals surface area contributed by atoms with E-state index < -0.39 is 0 Å². The van der Waals surface area contributed by atoms with Gasteiger partial charge in [0.1, 0.15) is 12.2 Å². The van der Waals surface area contributed by atoms with E-state index in [0.717, 1.165) is 25.8 Å². The number of fused-ring (bicyclic) bond motifs is 1. The number of amides is 1. The summed E-state index contributed by atoms with van der Waals surface area (Å²) in [6, 6.07) is 0.461. The zero-order valence-electron chi connectivity index (χ0n) is 15.0. The van der Waals surface area contributed by atoms with E-state index in [1.165, 1.54) is 19.3 Å². The van der Waals surface area contributed by atoms with Crippen LogP contribution in [-0.2, 0) is 14.2 Å². The molecule has 1 saturated carbocycles. The van der Waals surface area contributed by atoms with Crippen LogP contribution in [0.5, 0.6) is 0 Å². The molecule has 4 atom stereocenters. The minimum absolute atomic E-state index is 0.00959. The summed E-state index contributed by atoms with van der Waals surface area (Å²) < 4.78 is 17.3. The number of alkyl carbamates (subject to hydrolysis) is 1. The number of ether oxygens (including phenoxy) is 3. The van der Waals surface area contributed by atoms with Gasteiger partial charge in [-0.3, -0.25) is 0 Å². The van der Waals surface area contributed by atoms with Crippen molar-refractivity contribution >= 4 is 6.09 Å². The van der Waals surface area contributed by atoms with Crippen LogP contribution in [-0.4, -0.2) is 56.2 Å². The molecule has 0 aromatic rings. The van der Waals surface area contributed by atoms with Gasteiger partial charge in [-0.15, -0.1) is 0 Å². The Balaban J connectivity index is 1.41. The van der Waals surface area contributed by atoms with Crippen LogP contribution in [0.4, 0.5) is 4.79 Å². The lowest BCUT2D eigenvalue weighted by Gasteiger charge is -2.24. The molecule has 2 heterocycles. The predicted molar refractivity (Wildman–Crippen MR) is 91.0 cm³/mol. The monoisotopic (exact) mass is 340 g/mol. The van der Waals surface area contributed by atoms with Crippen LogP contribution in [0.2, 0.25) is 0 Å². The van der Waals surface area contributed by atoms with Crippen molar-refractivity contribution in [2.75, 3.05) is 19.8 Å². The first-order valence-electron chi connectivity index (χ1n) is 9.57. The van der Waals surface area contributed by atoms with E-state index >= 15 is 0 Å². The average molecular weight is 340 g/mol. The van der Waals surface area contributed by atoms with E-state index in [1.807, 2.05) is 0 Å². The Morgan fingerprint density at radius 3 is 2.62 bits per heavy atom. The van der Waals surface area contributed by atoms with E-state index in [4.69, 9.17) is 14.2 Å². The molecule has 0 aromatic heterocycles. The lowest BCUT2D eigenvalue weighted by Crippen LogP contribution is -2.43. The first kappa shape index (κ1) is 18.0. The molecule has 2 saturated heterocycles. The van der Waals surface area contributed by atoms with Crippen molar-refractivity contribution in [3.8, 4) is 0 Å². The molecule has 0 spiro atoms. The van der Waals surface area contributed by atoms with Crippen LogP contribution in [0, 0.1) is 5.92 Å². The van der Waals surface area contributed by atoms with Crippen LogP contribution in [0.15, 0.2) is 0 Å². The zero-order chi connectivity index (χ0) is 16.9. The van der Waals surface area contributed by atoms with Crippen LogP contribution in [0.25, 0.3) is 0 Å². The van der Waals surface area contributed by atoms with Gasteiger partial charge in [-0.05, 0) is 31.7 Å². The number of carbonyl (C=O) groups is 1. The zero-order valence-corrected chi connectivity index (χ0v) is 15.0. The Bertz CT molecular complexity index is 412. The van der Waals surface area contributed by atoms with Gasteiger partial charge in [0, 0.05) is 6.04 Å². The molecule has 0 aromatic carbocycles. The molecule has 24 heavy (non-hydrogen) atoms. The Morgan fingerprint density at radius 1 is 1.12 bits per heavy atom.